The normalized spacial score (nSPS) is 26.1. The Kier molecular flexibility index (Phi) is 2.25. The van der Waals surface area contributed by atoms with Crippen LogP contribution in [0.5, 0.6) is 0 Å². The average Bonchev–Trinajstić information content (AvgIpc) is 2.70. The lowest BCUT2D eigenvalue weighted by atomic mass is 9.99. The van der Waals surface area contributed by atoms with E-state index in [9.17, 15) is 9.59 Å². The zero-order valence-corrected chi connectivity index (χ0v) is 8.08. The molecule has 5 heteroatoms. The zero-order chi connectivity index (χ0) is 10.1. The SMILES string of the molecule is O=C1C[C@H](c2cccs2)[C@@H](C(=O)O)N1. The number of rotatable bonds is 2. The van der Waals surface area contributed by atoms with Gasteiger partial charge in [-0.3, -0.25) is 4.79 Å². The maximum atomic E-state index is 11.1. The van der Waals surface area contributed by atoms with Gasteiger partial charge in [0.05, 0.1) is 0 Å². The van der Waals surface area contributed by atoms with E-state index in [0.717, 1.165) is 4.88 Å². The third-order valence-corrected chi connectivity index (χ3v) is 3.30. The van der Waals surface area contributed by atoms with Crippen LogP contribution in [0.25, 0.3) is 0 Å². The molecule has 1 aliphatic rings. The lowest BCUT2D eigenvalue weighted by molar-refractivity contribution is -0.140. The van der Waals surface area contributed by atoms with E-state index in [0.29, 0.717) is 0 Å². The van der Waals surface area contributed by atoms with Crippen LogP contribution >= 0.6 is 11.3 Å². The van der Waals surface area contributed by atoms with Crippen molar-refractivity contribution in [2.24, 2.45) is 0 Å². The van der Waals surface area contributed by atoms with E-state index in [1.807, 2.05) is 17.5 Å². The molecule has 2 rings (SSSR count). The van der Waals surface area contributed by atoms with Crippen LogP contribution in [-0.2, 0) is 9.59 Å². The lowest BCUT2D eigenvalue weighted by Gasteiger charge is -2.12. The first-order valence-electron chi connectivity index (χ1n) is 4.24. The molecule has 0 unspecified atom stereocenters. The summed E-state index contributed by atoms with van der Waals surface area (Å²) in [6.45, 7) is 0. The molecule has 0 saturated carbocycles. The first-order valence-corrected chi connectivity index (χ1v) is 5.12. The van der Waals surface area contributed by atoms with Crippen molar-refractivity contribution in [3.63, 3.8) is 0 Å². The Morgan fingerprint density at radius 1 is 1.64 bits per heavy atom. The number of thiophene rings is 1. The molecule has 0 aliphatic carbocycles. The fourth-order valence-electron chi connectivity index (χ4n) is 1.65. The highest BCUT2D eigenvalue weighted by Crippen LogP contribution is 2.31. The zero-order valence-electron chi connectivity index (χ0n) is 7.27. The van der Waals surface area contributed by atoms with Crippen LogP contribution in [0, 0.1) is 0 Å². The van der Waals surface area contributed by atoms with Gasteiger partial charge in [-0.15, -0.1) is 11.3 Å². The van der Waals surface area contributed by atoms with Crippen molar-refractivity contribution in [3.8, 4) is 0 Å². The second-order valence-corrected chi connectivity index (χ2v) is 4.19. The van der Waals surface area contributed by atoms with Crippen molar-refractivity contribution >= 4 is 23.2 Å². The summed E-state index contributed by atoms with van der Waals surface area (Å²) < 4.78 is 0. The van der Waals surface area contributed by atoms with Gasteiger partial charge in [0, 0.05) is 17.2 Å². The fraction of sp³-hybridized carbons (Fsp3) is 0.333. The topological polar surface area (TPSA) is 66.4 Å². The van der Waals surface area contributed by atoms with Gasteiger partial charge < -0.3 is 10.4 Å². The Bertz CT molecular complexity index is 360. The summed E-state index contributed by atoms with van der Waals surface area (Å²) in [5.41, 5.74) is 0. The third-order valence-electron chi connectivity index (χ3n) is 2.30. The molecule has 0 bridgehead atoms. The highest BCUT2D eigenvalue weighted by molar-refractivity contribution is 7.10. The number of carboxylic acids is 1. The number of carbonyl (C=O) groups excluding carboxylic acids is 1. The first-order chi connectivity index (χ1) is 6.68. The smallest absolute Gasteiger partial charge is 0.326 e. The molecule has 1 amide bonds. The Balaban J connectivity index is 2.26. The molecule has 1 saturated heterocycles. The summed E-state index contributed by atoms with van der Waals surface area (Å²) in [7, 11) is 0. The molecule has 0 aromatic carbocycles. The quantitative estimate of drug-likeness (QED) is 0.760. The molecule has 1 aromatic rings. The number of carboxylic acid groups (broad SMARTS) is 1. The molecule has 2 atom stereocenters. The molecular formula is C9H9NO3S. The molecule has 1 aromatic heterocycles. The molecule has 4 nitrogen and oxygen atoms in total. The molecular weight excluding hydrogens is 202 g/mol. The van der Waals surface area contributed by atoms with Gasteiger partial charge in [-0.1, -0.05) is 6.07 Å². The minimum absolute atomic E-state index is 0.184. The van der Waals surface area contributed by atoms with E-state index >= 15 is 0 Å². The average molecular weight is 211 g/mol. The van der Waals surface area contributed by atoms with Crippen LogP contribution in [0.4, 0.5) is 0 Å². The Hall–Kier alpha value is -1.36. The molecule has 2 heterocycles. The maximum Gasteiger partial charge on any atom is 0.326 e. The maximum absolute atomic E-state index is 11.1. The van der Waals surface area contributed by atoms with Gasteiger partial charge >= 0.3 is 5.97 Å². The van der Waals surface area contributed by atoms with Gasteiger partial charge in [0.15, 0.2) is 0 Å². The van der Waals surface area contributed by atoms with Crippen molar-refractivity contribution in [1.82, 2.24) is 5.32 Å². The van der Waals surface area contributed by atoms with Crippen molar-refractivity contribution in [2.45, 2.75) is 18.4 Å². The molecule has 1 fully saturated rings. The molecule has 0 radical (unpaired) electrons. The van der Waals surface area contributed by atoms with Crippen LogP contribution in [0.15, 0.2) is 17.5 Å². The molecule has 1 aliphatic heterocycles. The van der Waals surface area contributed by atoms with Gasteiger partial charge in [0.2, 0.25) is 5.91 Å². The van der Waals surface area contributed by atoms with Crippen molar-refractivity contribution in [3.05, 3.63) is 22.4 Å². The molecule has 2 N–H and O–H groups in total. The van der Waals surface area contributed by atoms with Crippen LogP contribution in [0.2, 0.25) is 0 Å². The van der Waals surface area contributed by atoms with Gasteiger partial charge in [0.1, 0.15) is 6.04 Å². The van der Waals surface area contributed by atoms with Crippen LogP contribution in [-0.4, -0.2) is 23.0 Å². The predicted molar refractivity (Wildman–Crippen MR) is 51.2 cm³/mol. The number of aliphatic carboxylic acids is 1. The molecule has 0 spiro atoms. The van der Waals surface area contributed by atoms with Gasteiger partial charge in [0.25, 0.3) is 0 Å². The van der Waals surface area contributed by atoms with E-state index in [1.54, 1.807) is 0 Å². The minimum Gasteiger partial charge on any atom is -0.480 e. The van der Waals surface area contributed by atoms with E-state index in [4.69, 9.17) is 5.11 Å². The number of amides is 1. The predicted octanol–water partition coefficient (Wildman–Crippen LogP) is 0.805. The molecule has 14 heavy (non-hydrogen) atoms. The van der Waals surface area contributed by atoms with Crippen molar-refractivity contribution in [1.29, 1.82) is 0 Å². The summed E-state index contributed by atoms with van der Waals surface area (Å²) in [5.74, 6) is -1.36. The largest absolute Gasteiger partial charge is 0.480 e. The summed E-state index contributed by atoms with van der Waals surface area (Å²) in [6.07, 6.45) is 0.275. The highest BCUT2D eigenvalue weighted by atomic mass is 32.1. The second kappa shape index (κ2) is 3.42. The van der Waals surface area contributed by atoms with E-state index in [2.05, 4.69) is 5.32 Å². The number of hydrogen-bond donors (Lipinski definition) is 2. The summed E-state index contributed by atoms with van der Waals surface area (Å²) in [6, 6.07) is 2.97. The van der Waals surface area contributed by atoms with E-state index in [-0.39, 0.29) is 18.2 Å². The highest BCUT2D eigenvalue weighted by Gasteiger charge is 2.38. The number of carbonyl (C=O) groups is 2. The fourth-order valence-corrected chi connectivity index (χ4v) is 2.52. The van der Waals surface area contributed by atoms with Crippen LogP contribution in [0.1, 0.15) is 17.2 Å². The van der Waals surface area contributed by atoms with Gasteiger partial charge in [-0.2, -0.15) is 0 Å². The van der Waals surface area contributed by atoms with Crippen LogP contribution < -0.4 is 5.32 Å². The number of nitrogens with one attached hydrogen (secondary N) is 1. The van der Waals surface area contributed by atoms with Gasteiger partial charge in [-0.05, 0) is 11.4 Å². The Labute approximate surface area is 84.6 Å². The van der Waals surface area contributed by atoms with Crippen molar-refractivity contribution < 1.29 is 14.7 Å². The minimum atomic E-state index is -0.964. The Morgan fingerprint density at radius 2 is 2.43 bits per heavy atom. The lowest BCUT2D eigenvalue weighted by Crippen LogP contribution is -2.35. The first kappa shape index (κ1) is 9.21. The van der Waals surface area contributed by atoms with E-state index in [1.165, 1.54) is 11.3 Å². The summed E-state index contributed by atoms with van der Waals surface area (Å²) in [4.78, 5) is 22.9. The standard InChI is InChI=1S/C9H9NO3S/c11-7-4-5(6-2-1-3-14-6)8(10-7)9(12)13/h1-3,5,8H,4H2,(H,10,11)(H,12,13)/t5-,8+/m1/s1. The third kappa shape index (κ3) is 1.50. The van der Waals surface area contributed by atoms with Crippen LogP contribution in [0.3, 0.4) is 0 Å². The second-order valence-electron chi connectivity index (χ2n) is 3.21. The number of hydrogen-bond acceptors (Lipinski definition) is 3. The van der Waals surface area contributed by atoms with Crippen molar-refractivity contribution in [2.75, 3.05) is 0 Å². The molecule has 74 valence electrons. The summed E-state index contributed by atoms with van der Waals surface area (Å²) >= 11 is 1.49. The summed E-state index contributed by atoms with van der Waals surface area (Å²) in [5, 5.41) is 13.2. The Morgan fingerprint density at radius 3 is 3.00 bits per heavy atom. The monoisotopic (exact) mass is 211 g/mol. The van der Waals surface area contributed by atoms with E-state index < -0.39 is 12.0 Å². The van der Waals surface area contributed by atoms with Gasteiger partial charge in [-0.25, -0.2) is 4.79 Å².